The minimum Gasteiger partial charge on any atom is -0.481 e. The Morgan fingerprint density at radius 2 is 1.82 bits per heavy atom. The zero-order valence-electron chi connectivity index (χ0n) is 10.7. The summed E-state index contributed by atoms with van der Waals surface area (Å²) in [6.45, 7) is 2.75. The highest BCUT2D eigenvalue weighted by Gasteiger charge is 2.23. The average molecular weight is 241 g/mol. The average Bonchev–Trinajstić information content (AvgIpc) is 2.31. The first kappa shape index (κ1) is 14.0. The normalized spacial score (nSPS) is 16.8. The summed E-state index contributed by atoms with van der Waals surface area (Å²) in [5.74, 6) is -0.695. The van der Waals surface area contributed by atoms with E-state index in [1.165, 1.54) is 19.3 Å². The summed E-state index contributed by atoms with van der Waals surface area (Å²) < 4.78 is 0. The fraction of sp³-hybridized carbons (Fsp3) is 0.846. The lowest BCUT2D eigenvalue weighted by Gasteiger charge is -2.33. The molecular weight excluding hydrogens is 218 g/mol. The van der Waals surface area contributed by atoms with Gasteiger partial charge in [-0.15, -0.1) is 0 Å². The van der Waals surface area contributed by atoms with Crippen LogP contribution in [0.4, 0.5) is 0 Å². The van der Waals surface area contributed by atoms with Crippen LogP contribution in [0.5, 0.6) is 0 Å². The molecule has 0 atom stereocenters. The van der Waals surface area contributed by atoms with E-state index in [9.17, 15) is 9.59 Å². The van der Waals surface area contributed by atoms with E-state index in [2.05, 4.69) is 0 Å². The maximum atomic E-state index is 12.0. The Morgan fingerprint density at radius 3 is 2.35 bits per heavy atom. The first-order valence-corrected chi connectivity index (χ1v) is 6.66. The van der Waals surface area contributed by atoms with Crippen molar-refractivity contribution in [2.45, 2.75) is 64.3 Å². The van der Waals surface area contributed by atoms with Gasteiger partial charge in [-0.1, -0.05) is 19.3 Å². The summed E-state index contributed by atoms with van der Waals surface area (Å²) in [6.07, 6.45) is 6.84. The van der Waals surface area contributed by atoms with Crippen LogP contribution in [0.25, 0.3) is 0 Å². The topological polar surface area (TPSA) is 57.6 Å². The van der Waals surface area contributed by atoms with Crippen LogP contribution in [0.1, 0.15) is 58.3 Å². The molecule has 1 amide bonds. The largest absolute Gasteiger partial charge is 0.481 e. The van der Waals surface area contributed by atoms with Crippen molar-refractivity contribution < 1.29 is 14.7 Å². The lowest BCUT2D eigenvalue weighted by Crippen LogP contribution is -2.41. The van der Waals surface area contributed by atoms with Crippen molar-refractivity contribution in [2.24, 2.45) is 0 Å². The summed E-state index contributed by atoms with van der Waals surface area (Å²) in [7, 11) is 0. The summed E-state index contributed by atoms with van der Waals surface area (Å²) in [4.78, 5) is 24.3. The van der Waals surface area contributed by atoms with Crippen molar-refractivity contribution in [2.75, 3.05) is 6.54 Å². The Hall–Kier alpha value is -1.06. The van der Waals surface area contributed by atoms with Gasteiger partial charge in [0.25, 0.3) is 0 Å². The Balaban J connectivity index is 2.37. The molecule has 98 valence electrons. The maximum absolute atomic E-state index is 12.0. The standard InChI is InChI=1S/C13H23NO3/c1-2-14(11-7-4-3-5-8-11)12(15)9-6-10-13(16)17/h11H,2-10H2,1H3,(H,16,17). The molecule has 0 aromatic carbocycles. The number of carboxylic acids is 1. The number of carbonyl (C=O) groups is 2. The molecule has 1 fully saturated rings. The van der Waals surface area contributed by atoms with E-state index in [4.69, 9.17) is 5.11 Å². The molecule has 0 saturated heterocycles. The molecule has 4 heteroatoms. The minimum atomic E-state index is -0.821. The van der Waals surface area contributed by atoms with Crippen LogP contribution in [0.2, 0.25) is 0 Å². The highest BCUT2D eigenvalue weighted by molar-refractivity contribution is 5.77. The molecule has 1 N–H and O–H groups in total. The van der Waals surface area contributed by atoms with E-state index in [1.54, 1.807) is 0 Å². The SMILES string of the molecule is CCN(C(=O)CCCC(=O)O)C1CCCCC1. The van der Waals surface area contributed by atoms with Gasteiger partial charge >= 0.3 is 5.97 Å². The van der Waals surface area contributed by atoms with Crippen molar-refractivity contribution in [3.05, 3.63) is 0 Å². The van der Waals surface area contributed by atoms with E-state index in [0.29, 0.717) is 18.9 Å². The van der Waals surface area contributed by atoms with E-state index >= 15 is 0 Å². The summed E-state index contributed by atoms with van der Waals surface area (Å²) in [6, 6.07) is 0.395. The smallest absolute Gasteiger partial charge is 0.303 e. The van der Waals surface area contributed by atoms with Crippen LogP contribution in [0.3, 0.4) is 0 Å². The molecular formula is C13H23NO3. The fourth-order valence-corrected chi connectivity index (χ4v) is 2.57. The van der Waals surface area contributed by atoms with Gasteiger partial charge in [0, 0.05) is 25.4 Å². The summed E-state index contributed by atoms with van der Waals surface area (Å²) in [5, 5.41) is 8.55. The quantitative estimate of drug-likeness (QED) is 0.777. The first-order valence-electron chi connectivity index (χ1n) is 6.66. The van der Waals surface area contributed by atoms with E-state index in [0.717, 1.165) is 19.4 Å². The zero-order chi connectivity index (χ0) is 12.7. The summed E-state index contributed by atoms with van der Waals surface area (Å²) >= 11 is 0. The molecule has 0 bridgehead atoms. The van der Waals surface area contributed by atoms with E-state index in [-0.39, 0.29) is 12.3 Å². The predicted octanol–water partition coefficient (Wildman–Crippen LogP) is 2.42. The number of amides is 1. The predicted molar refractivity (Wildman–Crippen MR) is 65.7 cm³/mol. The molecule has 4 nitrogen and oxygen atoms in total. The Bertz CT molecular complexity index is 259. The van der Waals surface area contributed by atoms with Gasteiger partial charge in [-0.2, -0.15) is 0 Å². The third-order valence-corrected chi connectivity index (χ3v) is 3.46. The van der Waals surface area contributed by atoms with Crippen molar-refractivity contribution >= 4 is 11.9 Å². The lowest BCUT2D eigenvalue weighted by atomic mass is 9.94. The third kappa shape index (κ3) is 4.75. The number of hydrogen-bond acceptors (Lipinski definition) is 2. The van der Waals surface area contributed by atoms with Gasteiger partial charge in [0.05, 0.1) is 0 Å². The molecule has 0 unspecified atom stereocenters. The second kappa shape index (κ2) is 7.30. The van der Waals surface area contributed by atoms with E-state index in [1.807, 2.05) is 11.8 Å². The van der Waals surface area contributed by atoms with Gasteiger partial charge in [-0.3, -0.25) is 9.59 Å². The summed E-state index contributed by atoms with van der Waals surface area (Å²) in [5.41, 5.74) is 0. The van der Waals surface area contributed by atoms with Crippen molar-refractivity contribution in [1.82, 2.24) is 4.90 Å². The molecule has 0 heterocycles. The minimum absolute atomic E-state index is 0.0912. The lowest BCUT2D eigenvalue weighted by molar-refractivity contribution is -0.137. The van der Waals surface area contributed by atoms with Crippen LogP contribution in [0.15, 0.2) is 0 Å². The van der Waals surface area contributed by atoms with Gasteiger partial charge in [0.1, 0.15) is 0 Å². The molecule has 0 aromatic rings. The number of aliphatic carboxylic acids is 1. The molecule has 17 heavy (non-hydrogen) atoms. The Labute approximate surface area is 103 Å². The number of carboxylic acid groups (broad SMARTS) is 1. The number of nitrogens with zero attached hydrogens (tertiary/aromatic N) is 1. The third-order valence-electron chi connectivity index (χ3n) is 3.46. The molecule has 1 aliphatic carbocycles. The Kier molecular flexibility index (Phi) is 6.01. The second-order valence-electron chi connectivity index (χ2n) is 4.72. The van der Waals surface area contributed by atoms with Crippen LogP contribution >= 0.6 is 0 Å². The van der Waals surface area contributed by atoms with Crippen LogP contribution in [-0.4, -0.2) is 34.5 Å². The number of rotatable bonds is 6. The van der Waals surface area contributed by atoms with Gasteiger partial charge in [-0.25, -0.2) is 0 Å². The maximum Gasteiger partial charge on any atom is 0.303 e. The van der Waals surface area contributed by atoms with Crippen LogP contribution < -0.4 is 0 Å². The number of hydrogen-bond donors (Lipinski definition) is 1. The zero-order valence-corrected chi connectivity index (χ0v) is 10.7. The van der Waals surface area contributed by atoms with E-state index < -0.39 is 5.97 Å². The van der Waals surface area contributed by atoms with Crippen molar-refractivity contribution in [1.29, 1.82) is 0 Å². The number of carbonyl (C=O) groups excluding carboxylic acids is 1. The highest BCUT2D eigenvalue weighted by Crippen LogP contribution is 2.23. The van der Waals surface area contributed by atoms with Crippen LogP contribution in [0, 0.1) is 0 Å². The van der Waals surface area contributed by atoms with Gasteiger partial charge in [0.15, 0.2) is 0 Å². The molecule has 0 radical (unpaired) electrons. The Morgan fingerprint density at radius 1 is 1.18 bits per heavy atom. The molecule has 1 aliphatic rings. The van der Waals surface area contributed by atoms with Gasteiger partial charge in [0.2, 0.25) is 5.91 Å². The molecule has 0 spiro atoms. The second-order valence-corrected chi connectivity index (χ2v) is 4.72. The highest BCUT2D eigenvalue weighted by atomic mass is 16.4. The molecule has 0 aliphatic heterocycles. The fourth-order valence-electron chi connectivity index (χ4n) is 2.57. The van der Waals surface area contributed by atoms with Gasteiger partial charge in [-0.05, 0) is 26.2 Å². The van der Waals surface area contributed by atoms with Crippen molar-refractivity contribution in [3.8, 4) is 0 Å². The van der Waals surface area contributed by atoms with Crippen LogP contribution in [-0.2, 0) is 9.59 Å². The monoisotopic (exact) mass is 241 g/mol. The molecule has 0 aromatic heterocycles. The first-order chi connectivity index (χ1) is 8.15. The molecule has 1 saturated carbocycles. The molecule has 1 rings (SSSR count). The van der Waals surface area contributed by atoms with Crippen molar-refractivity contribution in [3.63, 3.8) is 0 Å². The van der Waals surface area contributed by atoms with Gasteiger partial charge < -0.3 is 10.0 Å².